The number of likely N-dealkylation sites (tertiary alicyclic amines) is 1. The molecule has 22 heavy (non-hydrogen) atoms. The molecule has 3 rings (SSSR count). The molecule has 4 nitrogen and oxygen atoms in total. The molecule has 1 aromatic rings. The SMILES string of the molecule is CCC(=O)N1CCC(C(=O)N2CCc3ccccc3C2)CC1. The van der Waals surface area contributed by atoms with Crippen LogP contribution in [0.3, 0.4) is 0 Å². The third-order valence-corrected chi connectivity index (χ3v) is 4.94. The summed E-state index contributed by atoms with van der Waals surface area (Å²) in [6.45, 7) is 4.92. The molecule has 1 aromatic carbocycles. The Labute approximate surface area is 132 Å². The lowest BCUT2D eigenvalue weighted by Gasteiger charge is -2.36. The second-order valence-corrected chi connectivity index (χ2v) is 6.29. The summed E-state index contributed by atoms with van der Waals surface area (Å²) < 4.78 is 0. The number of hydrogen-bond donors (Lipinski definition) is 0. The summed E-state index contributed by atoms with van der Waals surface area (Å²) in [6.07, 6.45) is 3.13. The van der Waals surface area contributed by atoms with Crippen LogP contribution in [0.4, 0.5) is 0 Å². The van der Waals surface area contributed by atoms with Gasteiger partial charge in [-0.05, 0) is 30.4 Å². The predicted molar refractivity (Wildman–Crippen MR) is 85.2 cm³/mol. The van der Waals surface area contributed by atoms with Gasteiger partial charge in [-0.15, -0.1) is 0 Å². The highest BCUT2D eigenvalue weighted by atomic mass is 16.2. The van der Waals surface area contributed by atoms with E-state index in [-0.39, 0.29) is 17.7 Å². The van der Waals surface area contributed by atoms with Crippen LogP contribution in [-0.2, 0) is 22.6 Å². The van der Waals surface area contributed by atoms with Gasteiger partial charge >= 0.3 is 0 Å². The molecule has 0 bridgehead atoms. The molecule has 2 amide bonds. The number of piperidine rings is 1. The number of nitrogens with zero attached hydrogens (tertiary/aromatic N) is 2. The number of amides is 2. The van der Waals surface area contributed by atoms with E-state index in [1.807, 2.05) is 22.8 Å². The van der Waals surface area contributed by atoms with Crippen molar-refractivity contribution in [1.29, 1.82) is 0 Å². The molecule has 0 aromatic heterocycles. The van der Waals surface area contributed by atoms with Gasteiger partial charge in [0.2, 0.25) is 11.8 Å². The largest absolute Gasteiger partial charge is 0.343 e. The Balaban J connectivity index is 1.58. The van der Waals surface area contributed by atoms with E-state index >= 15 is 0 Å². The van der Waals surface area contributed by atoms with E-state index < -0.39 is 0 Å². The summed E-state index contributed by atoms with van der Waals surface area (Å²) in [5.74, 6) is 0.571. The molecule has 0 saturated carbocycles. The zero-order valence-electron chi connectivity index (χ0n) is 13.3. The van der Waals surface area contributed by atoms with E-state index in [9.17, 15) is 9.59 Å². The van der Waals surface area contributed by atoms with E-state index in [2.05, 4.69) is 18.2 Å². The van der Waals surface area contributed by atoms with E-state index in [4.69, 9.17) is 0 Å². The quantitative estimate of drug-likeness (QED) is 0.840. The van der Waals surface area contributed by atoms with Crippen LogP contribution in [0.5, 0.6) is 0 Å². The summed E-state index contributed by atoms with van der Waals surface area (Å²) in [6, 6.07) is 8.39. The molecule has 2 aliphatic heterocycles. The summed E-state index contributed by atoms with van der Waals surface area (Å²) in [4.78, 5) is 28.3. The van der Waals surface area contributed by atoms with Crippen molar-refractivity contribution in [2.45, 2.75) is 39.2 Å². The minimum atomic E-state index is 0.0890. The maximum absolute atomic E-state index is 12.7. The molecule has 0 spiro atoms. The monoisotopic (exact) mass is 300 g/mol. The minimum absolute atomic E-state index is 0.0890. The first-order valence-corrected chi connectivity index (χ1v) is 8.32. The smallest absolute Gasteiger partial charge is 0.226 e. The second-order valence-electron chi connectivity index (χ2n) is 6.29. The molecule has 0 aliphatic carbocycles. The van der Waals surface area contributed by atoms with Gasteiger partial charge in [0.05, 0.1) is 0 Å². The lowest BCUT2D eigenvalue weighted by molar-refractivity contribution is -0.141. The Kier molecular flexibility index (Phi) is 4.46. The molecule has 0 radical (unpaired) electrons. The molecule has 2 aliphatic rings. The van der Waals surface area contributed by atoms with Crippen molar-refractivity contribution in [2.75, 3.05) is 19.6 Å². The molecule has 4 heteroatoms. The van der Waals surface area contributed by atoms with E-state index in [1.165, 1.54) is 11.1 Å². The highest BCUT2D eigenvalue weighted by Crippen LogP contribution is 2.24. The third-order valence-electron chi connectivity index (χ3n) is 4.94. The Hall–Kier alpha value is -1.84. The number of fused-ring (bicyclic) bond motifs is 1. The van der Waals surface area contributed by atoms with Crippen LogP contribution in [0.2, 0.25) is 0 Å². The zero-order chi connectivity index (χ0) is 15.5. The van der Waals surface area contributed by atoms with Crippen LogP contribution in [0, 0.1) is 5.92 Å². The Morgan fingerprint density at radius 1 is 1.05 bits per heavy atom. The van der Waals surface area contributed by atoms with Crippen LogP contribution in [0.15, 0.2) is 24.3 Å². The summed E-state index contributed by atoms with van der Waals surface area (Å²) in [5.41, 5.74) is 2.65. The molecule has 2 heterocycles. The van der Waals surface area contributed by atoms with Gasteiger partial charge in [-0.25, -0.2) is 0 Å². The number of benzene rings is 1. The van der Waals surface area contributed by atoms with Gasteiger partial charge in [0.25, 0.3) is 0 Å². The van der Waals surface area contributed by atoms with E-state index in [0.29, 0.717) is 6.42 Å². The van der Waals surface area contributed by atoms with Crippen molar-refractivity contribution in [3.05, 3.63) is 35.4 Å². The van der Waals surface area contributed by atoms with Gasteiger partial charge < -0.3 is 9.80 Å². The fraction of sp³-hybridized carbons (Fsp3) is 0.556. The van der Waals surface area contributed by atoms with Crippen LogP contribution in [0.1, 0.15) is 37.3 Å². The molecule has 1 saturated heterocycles. The van der Waals surface area contributed by atoms with Crippen molar-refractivity contribution in [2.24, 2.45) is 5.92 Å². The molecule has 118 valence electrons. The van der Waals surface area contributed by atoms with Crippen molar-refractivity contribution in [1.82, 2.24) is 9.80 Å². The molecular weight excluding hydrogens is 276 g/mol. The average molecular weight is 300 g/mol. The Morgan fingerprint density at radius 2 is 1.73 bits per heavy atom. The van der Waals surface area contributed by atoms with Gasteiger partial charge in [-0.3, -0.25) is 9.59 Å². The number of carbonyl (C=O) groups excluding carboxylic acids is 2. The fourth-order valence-electron chi connectivity index (χ4n) is 3.54. The second kappa shape index (κ2) is 6.51. The van der Waals surface area contributed by atoms with Crippen LogP contribution in [-0.4, -0.2) is 41.2 Å². The molecular formula is C18H24N2O2. The number of carbonyl (C=O) groups is 2. The van der Waals surface area contributed by atoms with Gasteiger partial charge in [-0.1, -0.05) is 31.2 Å². The lowest BCUT2D eigenvalue weighted by Crippen LogP contribution is -2.45. The van der Waals surface area contributed by atoms with Crippen LogP contribution < -0.4 is 0 Å². The summed E-state index contributed by atoms with van der Waals surface area (Å²) >= 11 is 0. The van der Waals surface area contributed by atoms with E-state index in [1.54, 1.807) is 0 Å². The first-order chi connectivity index (χ1) is 10.7. The van der Waals surface area contributed by atoms with E-state index in [0.717, 1.165) is 45.4 Å². The standard InChI is InChI=1S/C18H24N2O2/c1-2-17(21)19-10-8-15(9-11-19)18(22)20-12-7-14-5-3-4-6-16(14)13-20/h3-6,15H,2,7-13H2,1H3. The first kappa shape index (κ1) is 15.1. The van der Waals surface area contributed by atoms with Gasteiger partial charge in [-0.2, -0.15) is 0 Å². The molecule has 0 N–H and O–H groups in total. The highest BCUT2D eigenvalue weighted by Gasteiger charge is 2.31. The Morgan fingerprint density at radius 3 is 2.41 bits per heavy atom. The van der Waals surface area contributed by atoms with Crippen molar-refractivity contribution in [3.8, 4) is 0 Å². The van der Waals surface area contributed by atoms with Gasteiger partial charge in [0.1, 0.15) is 0 Å². The topological polar surface area (TPSA) is 40.6 Å². The third kappa shape index (κ3) is 3.01. The zero-order valence-corrected chi connectivity index (χ0v) is 13.3. The van der Waals surface area contributed by atoms with Crippen molar-refractivity contribution in [3.63, 3.8) is 0 Å². The van der Waals surface area contributed by atoms with Gasteiger partial charge in [0.15, 0.2) is 0 Å². The first-order valence-electron chi connectivity index (χ1n) is 8.32. The maximum atomic E-state index is 12.7. The average Bonchev–Trinajstić information content (AvgIpc) is 2.60. The summed E-state index contributed by atoms with van der Waals surface area (Å²) in [7, 11) is 0. The Bertz CT molecular complexity index is 562. The fourth-order valence-corrected chi connectivity index (χ4v) is 3.54. The predicted octanol–water partition coefficient (Wildman–Crippen LogP) is 2.22. The van der Waals surface area contributed by atoms with Crippen LogP contribution in [0.25, 0.3) is 0 Å². The number of rotatable bonds is 2. The highest BCUT2D eigenvalue weighted by molar-refractivity contribution is 5.80. The van der Waals surface area contributed by atoms with Crippen molar-refractivity contribution < 1.29 is 9.59 Å². The number of hydrogen-bond acceptors (Lipinski definition) is 2. The van der Waals surface area contributed by atoms with Gasteiger partial charge in [0, 0.05) is 38.5 Å². The van der Waals surface area contributed by atoms with Crippen molar-refractivity contribution >= 4 is 11.8 Å². The normalized spacial score (nSPS) is 19.0. The lowest BCUT2D eigenvalue weighted by atomic mass is 9.93. The minimum Gasteiger partial charge on any atom is -0.343 e. The molecule has 0 atom stereocenters. The molecule has 1 fully saturated rings. The molecule has 0 unspecified atom stereocenters. The van der Waals surface area contributed by atoms with Crippen LogP contribution >= 0.6 is 0 Å². The summed E-state index contributed by atoms with van der Waals surface area (Å²) in [5, 5.41) is 0. The maximum Gasteiger partial charge on any atom is 0.226 e.